The summed E-state index contributed by atoms with van der Waals surface area (Å²) in [5, 5.41) is 0.830. The Morgan fingerprint density at radius 3 is 1.29 bits per heavy atom. The van der Waals surface area contributed by atoms with Crippen LogP contribution < -0.4 is 76.5 Å². The fourth-order valence-electron chi connectivity index (χ4n) is 7.98. The van der Waals surface area contributed by atoms with Gasteiger partial charge in [0.2, 0.25) is 0 Å². The van der Waals surface area contributed by atoms with Crippen molar-refractivity contribution in [2.24, 2.45) is 0 Å². The highest BCUT2D eigenvalue weighted by atomic mass is 32.1. The van der Waals surface area contributed by atoms with Gasteiger partial charge in [-0.3, -0.25) is 0 Å². The second-order valence-corrected chi connectivity index (χ2v) is 16.0. The normalized spacial score (nSPS) is 11.4. The minimum absolute atomic E-state index is 0.0109. The van der Waals surface area contributed by atoms with Crippen LogP contribution in [0.4, 0.5) is 0 Å². The first-order chi connectivity index (χ1) is 30.1. The molecule has 7 aromatic carbocycles. The molecule has 0 fully saturated rings. The Labute approximate surface area is 389 Å². The fraction of sp³-hybridized carbons (Fsp3) is 0. The quantitative estimate of drug-likeness (QED) is 0.160. The van der Waals surface area contributed by atoms with E-state index in [2.05, 4.69) is 0 Å². The third-order valence-corrected chi connectivity index (χ3v) is 12.6. The van der Waals surface area contributed by atoms with E-state index in [0.29, 0.717) is 48.5 Å². The van der Waals surface area contributed by atoms with Crippen LogP contribution in [0.15, 0.2) is 91.0 Å². The van der Waals surface area contributed by atoms with Crippen molar-refractivity contribution in [2.45, 2.75) is 0 Å². The number of nitrogens with zero attached hydrogens (tertiary/aromatic N) is 3. The summed E-state index contributed by atoms with van der Waals surface area (Å²) in [4.78, 5) is 14.8. The van der Waals surface area contributed by atoms with Gasteiger partial charge in [0.25, 0.3) is 0 Å². The number of hydrogen-bond donors (Lipinski definition) is 0. The van der Waals surface area contributed by atoms with E-state index in [1.807, 2.05) is 84.9 Å². The van der Waals surface area contributed by atoms with E-state index in [1.165, 1.54) is 11.3 Å². The standard InChI is InChI=1S/C45H15B14N3S/c46-21-15-20(41-25(28(21)47)26-34(53)37(56)33(52)24(42(26)63-41)23-31(50)38(57)40(59)39(58)32(23)51)22-29(48)27(35(54)36(55)30(22)49)45-61-43(18-9-5-2-6-10-18)60-44(62-45)19-13-11-17(12-14-19)16-7-3-1-4-8-16/h1-15H. The van der Waals surface area contributed by atoms with Crippen LogP contribution in [0, 0.1) is 0 Å². The first kappa shape index (κ1) is 43.0. The molecule has 9 rings (SSSR count). The molecule has 0 spiro atoms. The van der Waals surface area contributed by atoms with E-state index < -0.39 is 0 Å². The van der Waals surface area contributed by atoms with Gasteiger partial charge in [-0.05, 0) is 44.2 Å². The smallest absolute Gasteiger partial charge is 0.164 e. The number of hydrogen-bond acceptors (Lipinski definition) is 4. The number of rotatable bonds is 6. The maximum Gasteiger partial charge on any atom is 0.164 e. The van der Waals surface area contributed by atoms with Gasteiger partial charge in [0.1, 0.15) is 110 Å². The van der Waals surface area contributed by atoms with Gasteiger partial charge in [0, 0.05) is 26.1 Å². The number of fused-ring (bicyclic) bond motifs is 3. The summed E-state index contributed by atoms with van der Waals surface area (Å²) in [5.74, 6) is 0.864. The van der Waals surface area contributed by atoms with Crippen LogP contribution in [-0.4, -0.2) is 125 Å². The Bertz CT molecular complexity index is 3350. The SMILES string of the molecule is [B]c1cc(-c2c([B])c([B])c([B])c(-c3nc(-c4ccccc4)nc(-c4ccc(-c5ccccc5)cc4)n3)c2[B])c2sc3c(-c4c([B])c([B])c([B])c([B])c4[B])c([B])c([B])c([B])c3c2c1[B]. The molecule has 0 aliphatic heterocycles. The monoisotopic (exact) mass is 783 g/mol. The van der Waals surface area contributed by atoms with E-state index in [4.69, 9.17) is 125 Å². The lowest BCUT2D eigenvalue weighted by Crippen LogP contribution is -2.56. The minimum Gasteiger partial charge on any atom is -0.208 e. The van der Waals surface area contributed by atoms with Crippen LogP contribution >= 0.6 is 11.3 Å². The van der Waals surface area contributed by atoms with Crippen LogP contribution in [0.3, 0.4) is 0 Å². The molecule has 0 aliphatic rings. The topological polar surface area (TPSA) is 38.7 Å². The van der Waals surface area contributed by atoms with E-state index in [1.54, 1.807) is 6.07 Å². The Morgan fingerprint density at radius 1 is 0.302 bits per heavy atom. The van der Waals surface area contributed by atoms with Crippen molar-refractivity contribution < 1.29 is 0 Å². The van der Waals surface area contributed by atoms with Crippen molar-refractivity contribution in [3.05, 3.63) is 91.0 Å². The van der Waals surface area contributed by atoms with Crippen molar-refractivity contribution in [1.29, 1.82) is 0 Å². The molecule has 0 N–H and O–H groups in total. The summed E-state index contributed by atoms with van der Waals surface area (Å²) in [6.07, 6.45) is 0. The van der Waals surface area contributed by atoms with Crippen molar-refractivity contribution in [3.8, 4) is 67.5 Å². The summed E-state index contributed by atoms with van der Waals surface area (Å²) < 4.78 is 1.000. The highest BCUT2D eigenvalue weighted by molar-refractivity contribution is 7.27. The molecular weight excluding hydrogens is 766 g/mol. The van der Waals surface area contributed by atoms with Crippen molar-refractivity contribution in [1.82, 2.24) is 15.0 Å². The molecule has 0 bridgehead atoms. The van der Waals surface area contributed by atoms with Crippen LogP contribution in [-0.2, 0) is 0 Å². The summed E-state index contributed by atoms with van der Waals surface area (Å²) >= 11 is 1.23. The van der Waals surface area contributed by atoms with Gasteiger partial charge >= 0.3 is 0 Å². The molecule has 18 heteroatoms. The van der Waals surface area contributed by atoms with Crippen molar-refractivity contribution >= 4 is 218 Å². The summed E-state index contributed by atoms with van der Waals surface area (Å²) in [7, 11) is 93.3. The van der Waals surface area contributed by atoms with Gasteiger partial charge < -0.3 is 0 Å². The first-order valence-electron chi connectivity index (χ1n) is 19.3. The van der Waals surface area contributed by atoms with E-state index in [0.717, 1.165) is 16.7 Å². The predicted molar refractivity (Wildman–Crippen MR) is 281 cm³/mol. The largest absolute Gasteiger partial charge is 0.208 e. The molecule has 0 amide bonds. The van der Waals surface area contributed by atoms with Gasteiger partial charge in [0.15, 0.2) is 17.5 Å². The molecule has 3 nitrogen and oxygen atoms in total. The van der Waals surface area contributed by atoms with E-state index in [9.17, 15) is 0 Å². The minimum atomic E-state index is 0.0109. The maximum atomic E-state index is 7.22. The van der Waals surface area contributed by atoms with Crippen molar-refractivity contribution in [2.75, 3.05) is 0 Å². The molecular formula is C45H15B14N3S. The molecule has 2 heterocycles. The Hall–Kier alpha value is -5.32. The van der Waals surface area contributed by atoms with Gasteiger partial charge in [0.05, 0.1) is 0 Å². The van der Waals surface area contributed by atoms with Crippen LogP contribution in [0.5, 0.6) is 0 Å². The lowest BCUT2D eigenvalue weighted by Gasteiger charge is -2.25. The highest BCUT2D eigenvalue weighted by Gasteiger charge is 2.26. The molecule has 0 aliphatic carbocycles. The zero-order valence-electron chi connectivity index (χ0n) is 33.5. The number of aromatic nitrogens is 3. The third kappa shape index (κ3) is 6.90. The molecule has 2 aromatic heterocycles. The summed E-state index contributed by atoms with van der Waals surface area (Å²) in [6, 6.07) is 29.0. The fourth-order valence-corrected chi connectivity index (χ4v) is 9.40. The average molecular weight is 781 g/mol. The Morgan fingerprint density at radius 2 is 0.698 bits per heavy atom. The Kier molecular flexibility index (Phi) is 11.1. The molecule has 0 saturated carbocycles. The van der Waals surface area contributed by atoms with E-state index in [-0.39, 0.29) is 99.0 Å². The lowest BCUT2D eigenvalue weighted by atomic mass is 9.58. The Balaban J connectivity index is 1.33. The van der Waals surface area contributed by atoms with Gasteiger partial charge in [-0.2, -0.15) is 0 Å². The molecule has 63 heavy (non-hydrogen) atoms. The third-order valence-electron chi connectivity index (χ3n) is 11.4. The predicted octanol–water partition coefficient (Wildman–Crippen LogP) is -4.65. The average Bonchev–Trinajstić information content (AvgIpc) is 3.70. The zero-order chi connectivity index (χ0) is 44.8. The van der Waals surface area contributed by atoms with Crippen LogP contribution in [0.2, 0.25) is 0 Å². The first-order valence-corrected chi connectivity index (χ1v) is 20.1. The summed E-state index contributed by atoms with van der Waals surface area (Å²) in [6.45, 7) is 0. The van der Waals surface area contributed by atoms with Crippen molar-refractivity contribution in [3.63, 3.8) is 0 Å². The molecule has 258 valence electrons. The van der Waals surface area contributed by atoms with E-state index >= 15 is 0 Å². The second kappa shape index (κ2) is 16.3. The zero-order valence-corrected chi connectivity index (χ0v) is 34.3. The molecule has 0 atom stereocenters. The van der Waals surface area contributed by atoms with Gasteiger partial charge in [-0.25, -0.2) is 15.0 Å². The molecule has 28 radical (unpaired) electrons. The number of thiophene rings is 1. The van der Waals surface area contributed by atoms with Gasteiger partial charge in [-0.15, -0.1) is 44.1 Å². The van der Waals surface area contributed by atoms with Crippen LogP contribution in [0.25, 0.3) is 87.7 Å². The maximum absolute atomic E-state index is 7.22. The molecule has 0 saturated heterocycles. The number of benzene rings is 7. The second-order valence-electron chi connectivity index (χ2n) is 15.0. The highest BCUT2D eigenvalue weighted by Crippen LogP contribution is 2.40. The molecule has 9 aromatic rings. The lowest BCUT2D eigenvalue weighted by molar-refractivity contribution is 1.08. The summed E-state index contributed by atoms with van der Waals surface area (Å²) in [5.41, 5.74) is 5.85. The van der Waals surface area contributed by atoms with Gasteiger partial charge in [-0.1, -0.05) is 135 Å². The van der Waals surface area contributed by atoms with Crippen LogP contribution in [0.1, 0.15) is 0 Å². The molecule has 0 unspecified atom stereocenters.